The monoisotopic (exact) mass is 430 g/mol. The van der Waals surface area contributed by atoms with Crippen molar-refractivity contribution < 1.29 is 14.3 Å². The van der Waals surface area contributed by atoms with Crippen LogP contribution in [0.15, 0.2) is 70.5 Å². The van der Waals surface area contributed by atoms with Crippen molar-refractivity contribution in [3.8, 4) is 6.07 Å². The van der Waals surface area contributed by atoms with Crippen molar-refractivity contribution in [2.75, 3.05) is 11.9 Å². The molecule has 0 aliphatic rings. The van der Waals surface area contributed by atoms with Gasteiger partial charge in [0.2, 0.25) is 0 Å². The van der Waals surface area contributed by atoms with Crippen molar-refractivity contribution in [1.29, 1.82) is 5.26 Å². The molecule has 0 saturated carbocycles. The van der Waals surface area contributed by atoms with E-state index in [0.717, 1.165) is 27.3 Å². The van der Waals surface area contributed by atoms with Crippen LogP contribution < -0.4 is 5.32 Å². The topological polar surface area (TPSA) is 79.2 Å². The summed E-state index contributed by atoms with van der Waals surface area (Å²) in [7, 11) is 0. The van der Waals surface area contributed by atoms with E-state index < -0.39 is 11.9 Å². The first-order chi connectivity index (χ1) is 14.9. The zero-order valence-corrected chi connectivity index (χ0v) is 18.4. The predicted molar refractivity (Wildman–Crippen MR) is 121 cm³/mol. The number of nitrogens with zero attached hydrogens (tertiary/aromatic N) is 1. The van der Waals surface area contributed by atoms with Gasteiger partial charge in [-0.25, -0.2) is 4.79 Å². The third kappa shape index (κ3) is 5.53. The summed E-state index contributed by atoms with van der Waals surface area (Å²) in [5.74, 6) is -0.992. The van der Waals surface area contributed by atoms with Gasteiger partial charge in [0.05, 0.1) is 11.1 Å². The molecule has 3 rings (SSSR count). The summed E-state index contributed by atoms with van der Waals surface area (Å²) >= 11 is 1.31. The normalized spacial score (nSPS) is 10.3. The molecule has 1 N–H and O–H groups in total. The number of carbonyl (C=O) groups excluding carboxylic acids is 2. The number of carbonyl (C=O) groups is 2. The summed E-state index contributed by atoms with van der Waals surface area (Å²) in [6.45, 7) is 5.46. The molecule has 156 valence electrons. The highest BCUT2D eigenvalue weighted by Gasteiger charge is 2.17. The molecule has 0 radical (unpaired) electrons. The molecule has 1 amide bonds. The van der Waals surface area contributed by atoms with Gasteiger partial charge in [-0.3, -0.25) is 4.79 Å². The molecule has 0 aliphatic carbocycles. The average molecular weight is 431 g/mol. The molecule has 0 atom stereocenters. The number of nitriles is 1. The van der Waals surface area contributed by atoms with E-state index >= 15 is 0 Å². The Morgan fingerprint density at radius 2 is 1.58 bits per heavy atom. The molecule has 0 aromatic heterocycles. The average Bonchev–Trinajstić information content (AvgIpc) is 2.75. The lowest BCUT2D eigenvalue weighted by molar-refractivity contribution is -0.119. The first kappa shape index (κ1) is 22.1. The van der Waals surface area contributed by atoms with E-state index in [1.54, 1.807) is 30.3 Å². The Bertz CT molecular complexity index is 1160. The smallest absolute Gasteiger partial charge is 0.339 e. The van der Waals surface area contributed by atoms with Crippen LogP contribution in [0.5, 0.6) is 0 Å². The largest absolute Gasteiger partial charge is 0.452 e. The van der Waals surface area contributed by atoms with Crippen molar-refractivity contribution in [3.63, 3.8) is 0 Å². The highest BCUT2D eigenvalue weighted by atomic mass is 32.2. The first-order valence-electron chi connectivity index (χ1n) is 9.70. The summed E-state index contributed by atoms with van der Waals surface area (Å²) in [5.41, 5.74) is 4.63. The highest BCUT2D eigenvalue weighted by Crippen LogP contribution is 2.33. The predicted octanol–water partition coefficient (Wildman–Crippen LogP) is 5.43. The van der Waals surface area contributed by atoms with Crippen LogP contribution in [0.4, 0.5) is 5.69 Å². The number of anilines is 1. The van der Waals surface area contributed by atoms with E-state index in [2.05, 4.69) is 11.4 Å². The Labute approximate surface area is 186 Å². The number of amides is 1. The maximum atomic E-state index is 12.7. The molecule has 0 spiro atoms. The Hall–Kier alpha value is -3.56. The molecule has 0 saturated heterocycles. The van der Waals surface area contributed by atoms with Gasteiger partial charge in [-0.05, 0) is 56.2 Å². The number of benzene rings is 3. The van der Waals surface area contributed by atoms with Gasteiger partial charge in [0.25, 0.3) is 5.91 Å². The quantitative estimate of drug-likeness (QED) is 0.528. The van der Waals surface area contributed by atoms with E-state index in [0.29, 0.717) is 16.0 Å². The molecule has 31 heavy (non-hydrogen) atoms. The molecule has 3 aromatic rings. The van der Waals surface area contributed by atoms with Gasteiger partial charge in [0, 0.05) is 15.5 Å². The highest BCUT2D eigenvalue weighted by molar-refractivity contribution is 7.99. The van der Waals surface area contributed by atoms with Gasteiger partial charge in [-0.15, -0.1) is 0 Å². The van der Waals surface area contributed by atoms with E-state index in [1.165, 1.54) is 11.8 Å². The lowest BCUT2D eigenvalue weighted by Gasteiger charge is -2.13. The van der Waals surface area contributed by atoms with Crippen molar-refractivity contribution >= 4 is 29.3 Å². The number of esters is 1. The molecule has 0 heterocycles. The van der Waals surface area contributed by atoms with E-state index in [4.69, 9.17) is 4.74 Å². The van der Waals surface area contributed by atoms with Gasteiger partial charge in [-0.2, -0.15) is 5.26 Å². The van der Waals surface area contributed by atoms with Crippen LogP contribution in [0.2, 0.25) is 0 Å². The minimum Gasteiger partial charge on any atom is -0.452 e. The zero-order chi connectivity index (χ0) is 22.4. The summed E-state index contributed by atoms with van der Waals surface area (Å²) in [4.78, 5) is 26.4. The number of ether oxygens (including phenoxy) is 1. The molecule has 0 aliphatic heterocycles. The Morgan fingerprint density at radius 1 is 0.968 bits per heavy atom. The van der Waals surface area contributed by atoms with Crippen molar-refractivity contribution in [2.45, 2.75) is 30.6 Å². The molecule has 3 aromatic carbocycles. The van der Waals surface area contributed by atoms with Gasteiger partial charge < -0.3 is 10.1 Å². The van der Waals surface area contributed by atoms with E-state index in [1.807, 2.05) is 51.1 Å². The Morgan fingerprint density at radius 3 is 2.26 bits per heavy atom. The molecular formula is C25H22N2O3S. The summed E-state index contributed by atoms with van der Waals surface area (Å²) in [6, 6.07) is 20.3. The maximum absolute atomic E-state index is 12.7. The zero-order valence-electron chi connectivity index (χ0n) is 17.6. The molecule has 0 fully saturated rings. The maximum Gasteiger partial charge on any atom is 0.339 e. The lowest BCUT2D eigenvalue weighted by Crippen LogP contribution is -2.22. The SMILES string of the molecule is Cc1cc(C)c(NC(=O)COC(=O)c2ccccc2Sc2ccccc2C#N)c(C)c1. The number of aryl methyl sites for hydroxylation is 3. The third-order valence-electron chi connectivity index (χ3n) is 4.61. The number of hydrogen-bond acceptors (Lipinski definition) is 5. The van der Waals surface area contributed by atoms with Crippen LogP contribution >= 0.6 is 11.8 Å². The number of hydrogen-bond donors (Lipinski definition) is 1. The van der Waals surface area contributed by atoms with E-state index in [9.17, 15) is 14.9 Å². The van der Waals surface area contributed by atoms with Crippen LogP contribution in [-0.4, -0.2) is 18.5 Å². The van der Waals surface area contributed by atoms with Gasteiger partial charge in [0.1, 0.15) is 6.07 Å². The summed E-state index contributed by atoms with van der Waals surface area (Å²) < 4.78 is 5.27. The van der Waals surface area contributed by atoms with Gasteiger partial charge >= 0.3 is 5.97 Å². The standard InChI is InChI=1S/C25H22N2O3S/c1-16-12-17(2)24(18(3)13-16)27-23(28)15-30-25(29)20-9-5-7-11-22(20)31-21-10-6-4-8-19(21)14-26/h4-13H,15H2,1-3H3,(H,27,28). The van der Waals surface area contributed by atoms with Crippen LogP contribution in [-0.2, 0) is 9.53 Å². The van der Waals surface area contributed by atoms with Crippen LogP contribution in [0.1, 0.15) is 32.6 Å². The Balaban J connectivity index is 1.69. The minimum atomic E-state index is -0.593. The Kier molecular flexibility index (Phi) is 7.11. The second kappa shape index (κ2) is 9.96. The molecule has 0 unspecified atom stereocenters. The molecule has 6 heteroatoms. The van der Waals surface area contributed by atoms with Gasteiger partial charge in [0.15, 0.2) is 6.61 Å². The van der Waals surface area contributed by atoms with Gasteiger partial charge in [-0.1, -0.05) is 53.7 Å². The summed E-state index contributed by atoms with van der Waals surface area (Å²) in [6.07, 6.45) is 0. The third-order valence-corrected chi connectivity index (χ3v) is 5.76. The second-order valence-electron chi connectivity index (χ2n) is 7.10. The van der Waals surface area contributed by atoms with Crippen LogP contribution in [0, 0.1) is 32.1 Å². The molecule has 0 bridgehead atoms. The minimum absolute atomic E-state index is 0.343. The fraction of sp³-hybridized carbons (Fsp3) is 0.160. The second-order valence-corrected chi connectivity index (χ2v) is 8.19. The molecular weight excluding hydrogens is 408 g/mol. The van der Waals surface area contributed by atoms with Crippen molar-refractivity contribution in [2.24, 2.45) is 0 Å². The number of rotatable bonds is 6. The fourth-order valence-corrected chi connectivity index (χ4v) is 4.27. The lowest BCUT2D eigenvalue weighted by atomic mass is 10.1. The van der Waals surface area contributed by atoms with Crippen LogP contribution in [0.3, 0.4) is 0 Å². The van der Waals surface area contributed by atoms with Crippen molar-refractivity contribution in [1.82, 2.24) is 0 Å². The molecule has 5 nitrogen and oxygen atoms in total. The summed E-state index contributed by atoms with van der Waals surface area (Å²) in [5, 5.41) is 12.1. The van der Waals surface area contributed by atoms with Crippen LogP contribution in [0.25, 0.3) is 0 Å². The first-order valence-corrected chi connectivity index (χ1v) is 10.5. The van der Waals surface area contributed by atoms with Crippen molar-refractivity contribution in [3.05, 3.63) is 88.5 Å². The van der Waals surface area contributed by atoms with E-state index in [-0.39, 0.29) is 6.61 Å². The number of nitrogens with one attached hydrogen (secondary N) is 1. The fourth-order valence-electron chi connectivity index (χ4n) is 3.25.